The largest absolute Gasteiger partial charge is 0.472 e. The van der Waals surface area contributed by atoms with Crippen LogP contribution < -0.4 is 0 Å². The number of rotatable bonds is 82. The summed E-state index contributed by atoms with van der Waals surface area (Å²) in [6, 6.07) is 0. The SMILES string of the molecule is CCCCCC/C=C\C=C/CCCCCCCC(=O)O[C@H](COC(=O)CCCCCCCCCC)COP(=O)(O)OC[C@H](O)COP(=O)(O)OC[C@@H](COC(=O)CCCCCCCCCCCCCCCCCCCCC)OC(=O)CCCCCCCCCCCCCCCCCCCCC(C)C. The van der Waals surface area contributed by atoms with Crippen molar-refractivity contribution in [1.82, 2.24) is 0 Å². The summed E-state index contributed by atoms with van der Waals surface area (Å²) in [6.07, 6.45) is 71.8. The predicted octanol–water partition coefficient (Wildman–Crippen LogP) is 25.1. The molecule has 0 spiro atoms. The molecule has 5 atom stereocenters. The average Bonchev–Trinajstić information content (AvgIpc) is 0.909. The van der Waals surface area contributed by atoms with Crippen LogP contribution in [0.3, 0.4) is 0 Å². The van der Waals surface area contributed by atoms with Crippen LogP contribution in [0.5, 0.6) is 0 Å². The molecule has 17 nitrogen and oxygen atoms in total. The van der Waals surface area contributed by atoms with Gasteiger partial charge in [-0.1, -0.05) is 374 Å². The topological polar surface area (TPSA) is 237 Å². The van der Waals surface area contributed by atoms with Gasteiger partial charge >= 0.3 is 39.5 Å². The van der Waals surface area contributed by atoms with Crippen molar-refractivity contribution < 1.29 is 80.2 Å². The molecule has 0 amide bonds. The van der Waals surface area contributed by atoms with Crippen LogP contribution in [0.25, 0.3) is 0 Å². The van der Waals surface area contributed by atoms with E-state index in [2.05, 4.69) is 58.9 Å². The lowest BCUT2D eigenvalue weighted by atomic mass is 10.0. The predicted molar refractivity (Wildman–Crippen MR) is 423 cm³/mol. The summed E-state index contributed by atoms with van der Waals surface area (Å²) in [7, 11) is -9.93. The standard InChI is InChI=1S/C84H160O17P2/c1-6-9-12-15-18-21-23-25-27-28-29-33-37-40-44-48-53-58-63-68-82(87)95-74-80(101-84(89)70-65-60-55-50-46-42-38-34-31-30-32-36-39-43-47-51-56-61-66-77(4)5)76-99-103(92,93)97-72-78(85)71-96-102(90,91)98-75-79(73-94-81(86)67-62-57-52-20-17-14-11-8-3)100-83(88)69-64-59-54-49-45-41-35-26-24-22-19-16-13-10-7-2/h22,24,26,35,77-80,85H,6-21,23,25,27-34,36-76H2,1-5H3,(H,90,91)(H,92,93)/b24-22-,35-26-/t78-,79+,80+/m0/s1. The summed E-state index contributed by atoms with van der Waals surface area (Å²) in [5.74, 6) is -1.32. The number of hydrogen-bond donors (Lipinski definition) is 3. The zero-order valence-electron chi connectivity index (χ0n) is 66.9. The minimum absolute atomic E-state index is 0.0853. The molecular formula is C84H160O17P2. The van der Waals surface area contributed by atoms with Crippen molar-refractivity contribution >= 4 is 39.5 Å². The van der Waals surface area contributed by atoms with Crippen molar-refractivity contribution in [3.63, 3.8) is 0 Å². The van der Waals surface area contributed by atoms with Gasteiger partial charge in [-0.15, -0.1) is 0 Å². The minimum Gasteiger partial charge on any atom is -0.462 e. The second-order valence-electron chi connectivity index (χ2n) is 30.0. The molecule has 0 aromatic rings. The zero-order chi connectivity index (χ0) is 75.5. The van der Waals surface area contributed by atoms with Crippen molar-refractivity contribution in [2.75, 3.05) is 39.6 Å². The van der Waals surface area contributed by atoms with Crippen LogP contribution in [-0.4, -0.2) is 96.7 Å². The molecule has 0 aliphatic carbocycles. The maximum atomic E-state index is 13.1. The monoisotopic (exact) mass is 1500 g/mol. The quantitative estimate of drug-likeness (QED) is 0.0169. The number of phosphoric ester groups is 2. The van der Waals surface area contributed by atoms with E-state index in [0.717, 1.165) is 115 Å². The molecule has 0 bridgehead atoms. The first kappa shape index (κ1) is 101. The molecule has 0 fully saturated rings. The fraction of sp³-hybridized carbons (Fsp3) is 0.905. The summed E-state index contributed by atoms with van der Waals surface area (Å²) in [6.45, 7) is 7.29. The van der Waals surface area contributed by atoms with Crippen LogP contribution in [0, 0.1) is 5.92 Å². The maximum absolute atomic E-state index is 13.1. The number of aliphatic hydroxyl groups is 1. The fourth-order valence-corrected chi connectivity index (χ4v) is 14.2. The first-order chi connectivity index (χ1) is 50.0. The van der Waals surface area contributed by atoms with Crippen molar-refractivity contribution in [1.29, 1.82) is 0 Å². The third-order valence-electron chi connectivity index (χ3n) is 19.2. The second-order valence-corrected chi connectivity index (χ2v) is 32.9. The molecule has 3 N–H and O–H groups in total. The van der Waals surface area contributed by atoms with E-state index in [1.807, 2.05) is 0 Å². The molecule has 608 valence electrons. The molecule has 0 rings (SSSR count). The van der Waals surface area contributed by atoms with E-state index in [4.69, 9.17) is 37.0 Å². The summed E-state index contributed by atoms with van der Waals surface area (Å²) in [5.41, 5.74) is 0. The Morgan fingerprint density at radius 3 is 0.796 bits per heavy atom. The fourth-order valence-electron chi connectivity index (χ4n) is 12.6. The molecule has 19 heteroatoms. The molecule has 103 heavy (non-hydrogen) atoms. The Bertz CT molecular complexity index is 2060. The number of phosphoric acid groups is 2. The van der Waals surface area contributed by atoms with Crippen LogP contribution in [-0.2, 0) is 65.4 Å². The summed E-state index contributed by atoms with van der Waals surface area (Å²) < 4.78 is 68.7. The van der Waals surface area contributed by atoms with Gasteiger partial charge in [-0.25, -0.2) is 9.13 Å². The lowest BCUT2D eigenvalue weighted by Crippen LogP contribution is -2.30. The van der Waals surface area contributed by atoms with E-state index in [-0.39, 0.29) is 25.7 Å². The van der Waals surface area contributed by atoms with Gasteiger partial charge in [0.15, 0.2) is 12.2 Å². The van der Waals surface area contributed by atoms with Crippen LogP contribution in [0.1, 0.15) is 426 Å². The van der Waals surface area contributed by atoms with Crippen molar-refractivity contribution in [2.45, 2.75) is 445 Å². The lowest BCUT2D eigenvalue weighted by Gasteiger charge is -2.21. The van der Waals surface area contributed by atoms with E-state index >= 15 is 0 Å². The van der Waals surface area contributed by atoms with Gasteiger partial charge in [0.1, 0.15) is 19.3 Å². The van der Waals surface area contributed by atoms with Crippen LogP contribution >= 0.6 is 15.6 Å². The first-order valence-corrected chi connectivity index (χ1v) is 45.9. The molecule has 0 aliphatic rings. The molecule has 0 aromatic carbocycles. The molecule has 0 heterocycles. The van der Waals surface area contributed by atoms with Gasteiger partial charge in [0.25, 0.3) is 0 Å². The molecule has 0 aromatic heterocycles. The van der Waals surface area contributed by atoms with E-state index in [1.54, 1.807) is 0 Å². The summed E-state index contributed by atoms with van der Waals surface area (Å²) >= 11 is 0. The van der Waals surface area contributed by atoms with Gasteiger partial charge in [0, 0.05) is 25.7 Å². The second kappa shape index (κ2) is 76.3. The smallest absolute Gasteiger partial charge is 0.462 e. The van der Waals surface area contributed by atoms with E-state index in [1.165, 1.54) is 231 Å². The third kappa shape index (κ3) is 77.5. The number of ether oxygens (including phenoxy) is 4. The number of carbonyl (C=O) groups excluding carboxylic acids is 4. The Kier molecular flexibility index (Phi) is 74.5. The van der Waals surface area contributed by atoms with Gasteiger partial charge in [0.2, 0.25) is 0 Å². The van der Waals surface area contributed by atoms with E-state index in [9.17, 15) is 43.2 Å². The molecule has 2 unspecified atom stereocenters. The minimum atomic E-state index is -4.97. The number of allylic oxidation sites excluding steroid dienone is 4. The lowest BCUT2D eigenvalue weighted by molar-refractivity contribution is -0.161. The van der Waals surface area contributed by atoms with Crippen molar-refractivity contribution in [2.24, 2.45) is 5.92 Å². The highest BCUT2D eigenvalue weighted by Crippen LogP contribution is 2.45. The molecule has 0 aliphatic heterocycles. The zero-order valence-corrected chi connectivity index (χ0v) is 68.7. The van der Waals surface area contributed by atoms with Gasteiger partial charge < -0.3 is 33.8 Å². The number of unbranched alkanes of at least 4 members (excludes halogenated alkanes) is 51. The number of esters is 4. The van der Waals surface area contributed by atoms with Gasteiger partial charge in [-0.3, -0.25) is 37.3 Å². The highest BCUT2D eigenvalue weighted by Gasteiger charge is 2.30. The van der Waals surface area contributed by atoms with Crippen molar-refractivity contribution in [3.05, 3.63) is 24.3 Å². The maximum Gasteiger partial charge on any atom is 0.472 e. The molecular weight excluding hydrogens is 1340 g/mol. The van der Waals surface area contributed by atoms with Crippen molar-refractivity contribution in [3.8, 4) is 0 Å². The Morgan fingerprint density at radius 1 is 0.301 bits per heavy atom. The third-order valence-corrected chi connectivity index (χ3v) is 21.1. The Labute approximate surface area is 631 Å². The molecule has 0 saturated carbocycles. The Balaban J connectivity index is 5.21. The number of hydrogen-bond acceptors (Lipinski definition) is 15. The highest BCUT2D eigenvalue weighted by atomic mass is 31.2. The number of aliphatic hydroxyl groups excluding tert-OH is 1. The Morgan fingerprint density at radius 2 is 0.524 bits per heavy atom. The van der Waals surface area contributed by atoms with E-state index in [0.29, 0.717) is 25.7 Å². The molecule has 0 radical (unpaired) electrons. The Hall–Kier alpha value is -2.46. The number of carbonyl (C=O) groups is 4. The van der Waals surface area contributed by atoms with Crippen LogP contribution in [0.2, 0.25) is 0 Å². The summed E-state index contributed by atoms with van der Waals surface area (Å²) in [4.78, 5) is 73.0. The average molecular weight is 1500 g/mol. The van der Waals surface area contributed by atoms with Gasteiger partial charge in [-0.05, 0) is 57.3 Å². The molecule has 0 saturated heterocycles. The van der Waals surface area contributed by atoms with Gasteiger partial charge in [0.05, 0.1) is 26.4 Å². The van der Waals surface area contributed by atoms with Crippen LogP contribution in [0.15, 0.2) is 24.3 Å². The van der Waals surface area contributed by atoms with Crippen LogP contribution in [0.4, 0.5) is 0 Å². The van der Waals surface area contributed by atoms with Gasteiger partial charge in [-0.2, -0.15) is 0 Å². The van der Waals surface area contributed by atoms with E-state index < -0.39 is 97.5 Å². The first-order valence-electron chi connectivity index (χ1n) is 43.0. The normalized spacial score (nSPS) is 14.0. The highest BCUT2D eigenvalue weighted by molar-refractivity contribution is 7.47. The summed E-state index contributed by atoms with van der Waals surface area (Å²) in [5, 5.41) is 10.6.